The normalized spacial score (nSPS) is 17.7. The Hall–Kier alpha value is 7.62. The number of unbranched alkanes of at least 4 members (excludes halogenated alkanes) is 6. The van der Waals surface area contributed by atoms with Crippen LogP contribution >= 0.6 is 208 Å². The van der Waals surface area contributed by atoms with Gasteiger partial charge in [0.1, 0.15) is 5.91 Å². The van der Waals surface area contributed by atoms with E-state index in [0.717, 1.165) is 121 Å². The summed E-state index contributed by atoms with van der Waals surface area (Å²) in [5, 5.41) is 0.720. The maximum atomic E-state index is 6.18. The monoisotopic (exact) mass is 2210 g/mol. The van der Waals surface area contributed by atoms with E-state index in [4.69, 9.17) is 75.9 Å². The fourth-order valence-electron chi connectivity index (χ4n) is 15.1. The van der Waals surface area contributed by atoms with Gasteiger partial charge < -0.3 is 75.9 Å². The summed E-state index contributed by atoms with van der Waals surface area (Å²) < 4.78 is 102. The molecule has 0 N–H and O–H groups in total. The van der Waals surface area contributed by atoms with E-state index >= 15 is 0 Å². The van der Waals surface area contributed by atoms with E-state index in [-0.39, 0.29) is 15.4 Å². The molecule has 0 aromatic carbocycles. The Morgan fingerprint density at radius 3 is 0.886 bits per heavy atom. The minimum absolute atomic E-state index is 0.113. The maximum absolute atomic E-state index is 6.18. The molecule has 123 heavy (non-hydrogen) atoms. The van der Waals surface area contributed by atoms with Gasteiger partial charge in [-0.15, -0.1) is 0 Å². The second-order valence-corrected chi connectivity index (χ2v) is 75.6. The van der Waals surface area contributed by atoms with E-state index in [9.17, 15) is 0 Å². The third-order valence-electron chi connectivity index (χ3n) is 20.1. The Morgan fingerprint density at radius 1 is 0.244 bits per heavy atom. The first-order valence-electron chi connectivity index (χ1n) is 46.9. The quantitative estimate of drug-likeness (QED) is 0.0245. The van der Waals surface area contributed by atoms with Crippen LogP contribution in [0.25, 0.3) is 0 Å². The van der Waals surface area contributed by atoms with Crippen molar-refractivity contribution in [2.24, 2.45) is 29.6 Å². The summed E-state index contributed by atoms with van der Waals surface area (Å²) >= 11 is 4.34. The molecule has 2 aliphatic rings. The summed E-state index contributed by atoms with van der Waals surface area (Å²) in [5.74, 6) is 17.6. The van der Waals surface area contributed by atoms with Crippen LogP contribution in [0.3, 0.4) is 0 Å². The van der Waals surface area contributed by atoms with Crippen LogP contribution in [-0.4, -0.2) is 240 Å². The average molecular weight is 2220 g/mol. The van der Waals surface area contributed by atoms with Crippen LogP contribution in [0.1, 0.15) is 259 Å². The SMILES string of the molecule is CCOC(OCC)[SiH2]CCCSCCC1CCC(CCSSSSCCC[Si](OCC)(OCC)OCC)C(CCSSSSCCC[Si](OCC)(OCC)OCC)C1.CCO[Si](CCCCCCSSSSSCCC1CCC(SCC[Si](OCC)(OCC)OCC)CC1CCSSSSSCCCCCC[Si](OCC)(OCC)OCC)(OCC)OCC. The van der Waals surface area contributed by atoms with Crippen LogP contribution in [0.5, 0.6) is 0 Å². The summed E-state index contributed by atoms with van der Waals surface area (Å²) in [6, 6.07) is 5.88. The van der Waals surface area contributed by atoms with Crippen molar-refractivity contribution in [2.45, 2.75) is 306 Å². The number of thioether (sulfide) groups is 2. The van der Waals surface area contributed by atoms with Crippen LogP contribution < -0.4 is 0 Å². The van der Waals surface area contributed by atoms with Gasteiger partial charge in [0, 0.05) is 194 Å². The summed E-state index contributed by atoms with van der Waals surface area (Å²) in [4.78, 5) is 0. The second kappa shape index (κ2) is 92.1. The van der Waals surface area contributed by atoms with Gasteiger partial charge in [-0.25, -0.2) is 0 Å². The zero-order chi connectivity index (χ0) is 90.0. The minimum atomic E-state index is -2.60. The topological polar surface area (TPSA) is 157 Å². The standard InChI is InChI=1S/C42H90O9S11Si3.C38H82O8S9Si3/c1-10-43-63(44-11-2,45-12-3)36-25-21-19-23-31-53-57-61-59-55-33-29-40-27-28-42(52-35-38-65(49-16-7,50-17-8)51-18-9)39-41(40)30-34-56-60-62-58-54-32-24-20-22-26-37-64(46-13-4,47-14-5)48-15-6;1-9-39-38(40-10-2)56-31-17-25-47-28-22-35-20-21-36(23-29-50-54-52-48-26-18-32-57(41-11-3,42-12-4)43-13-5)37(34-35)24-30-51-55-53-49-27-19-33-58(44-14-6,45-15-7)46-16-8/h40-42H,10-39H2,1-9H3;35-38H,9-34,56H2,1-8H3. The van der Waals surface area contributed by atoms with Crippen LogP contribution in [0.2, 0.25) is 36.3 Å². The van der Waals surface area contributed by atoms with E-state index in [1.807, 2.05) is 225 Å². The van der Waals surface area contributed by atoms with Crippen molar-refractivity contribution in [3.63, 3.8) is 0 Å². The summed E-state index contributed by atoms with van der Waals surface area (Å²) in [6.45, 7) is 46.0. The molecular weight excluding hydrogens is 2040 g/mol. The van der Waals surface area contributed by atoms with E-state index < -0.39 is 44.0 Å². The van der Waals surface area contributed by atoms with Gasteiger partial charge in [-0.2, -0.15) is 23.5 Å². The van der Waals surface area contributed by atoms with Crippen molar-refractivity contribution in [1.82, 2.24) is 0 Å². The molecule has 0 aromatic rings. The van der Waals surface area contributed by atoms with Gasteiger partial charge in [-0.1, -0.05) is 124 Å². The van der Waals surface area contributed by atoms with Gasteiger partial charge in [0.25, 0.3) is 0 Å². The predicted octanol–water partition coefficient (Wildman–Crippen LogP) is 30.7. The average Bonchev–Trinajstić information content (AvgIpc) is 0.859. The van der Waals surface area contributed by atoms with Gasteiger partial charge >= 0.3 is 44.0 Å². The lowest BCUT2D eigenvalue weighted by Crippen LogP contribution is -2.46. The molecule has 2 saturated carbocycles. The Bertz CT molecular complexity index is 2160. The lowest BCUT2D eigenvalue weighted by atomic mass is 9.71. The molecule has 6 unspecified atom stereocenters. The van der Waals surface area contributed by atoms with Gasteiger partial charge in [0.15, 0.2) is 0 Å². The lowest BCUT2D eigenvalue weighted by molar-refractivity contribution is -0.0827. The minimum Gasteiger partial charge on any atom is -0.374 e. The number of hydrogen-bond acceptors (Lipinski definition) is 37. The molecule has 2 fully saturated rings. The van der Waals surface area contributed by atoms with Gasteiger partial charge in [0.2, 0.25) is 0 Å². The molecule has 6 atom stereocenters. The van der Waals surface area contributed by atoms with Crippen LogP contribution in [0.4, 0.5) is 0 Å². The smallest absolute Gasteiger partial charge is 0.374 e. The molecular formula is C80H172O17S20Si6. The summed E-state index contributed by atoms with van der Waals surface area (Å²) in [6.07, 6.45) is 28.2. The summed E-state index contributed by atoms with van der Waals surface area (Å²) in [5.41, 5.74) is 0. The molecule has 0 saturated heterocycles. The van der Waals surface area contributed by atoms with Crippen LogP contribution in [0, 0.1) is 29.6 Å². The Labute approximate surface area is 839 Å². The first-order chi connectivity index (χ1) is 60.2. The highest BCUT2D eigenvalue weighted by molar-refractivity contribution is 9.36. The van der Waals surface area contributed by atoms with Crippen molar-refractivity contribution in [2.75, 3.05) is 176 Å². The zero-order valence-electron chi connectivity index (χ0n) is 79.0. The molecule has 0 aromatic heterocycles. The fourth-order valence-corrected chi connectivity index (χ4v) is 64.3. The molecule has 738 valence electrons. The first kappa shape index (κ1) is 129. The molecule has 0 heterocycles. The summed E-state index contributed by atoms with van der Waals surface area (Å²) in [7, 11) is 22.8. The predicted molar refractivity (Wildman–Crippen MR) is 596 cm³/mol. The van der Waals surface area contributed by atoms with E-state index in [0.29, 0.717) is 99.1 Å². The first-order valence-corrected chi connectivity index (χ1v) is 83.8. The number of hydrogen-bond donors (Lipinski definition) is 0. The van der Waals surface area contributed by atoms with Gasteiger partial charge in [-0.3, -0.25) is 0 Å². The van der Waals surface area contributed by atoms with E-state index in [1.165, 1.54) is 168 Å². The highest BCUT2D eigenvalue weighted by Crippen LogP contribution is 2.53. The van der Waals surface area contributed by atoms with Crippen molar-refractivity contribution < 1.29 is 75.9 Å². The van der Waals surface area contributed by atoms with E-state index in [1.54, 1.807) is 0 Å². The third kappa shape index (κ3) is 67.7. The van der Waals surface area contributed by atoms with Crippen molar-refractivity contribution >= 4 is 262 Å². The number of ether oxygens (including phenoxy) is 2. The molecule has 2 aliphatic carbocycles. The molecule has 0 amide bonds. The van der Waals surface area contributed by atoms with Crippen LogP contribution in [0.15, 0.2) is 0 Å². The van der Waals surface area contributed by atoms with Crippen molar-refractivity contribution in [3.8, 4) is 0 Å². The highest BCUT2D eigenvalue weighted by atomic mass is 33.8. The lowest BCUT2D eigenvalue weighted by Gasteiger charge is -2.36. The Morgan fingerprint density at radius 2 is 0.537 bits per heavy atom. The molecule has 17 nitrogen and oxygen atoms in total. The molecule has 0 bridgehead atoms. The molecule has 0 spiro atoms. The molecule has 43 heteroatoms. The van der Waals surface area contributed by atoms with Crippen molar-refractivity contribution in [1.29, 1.82) is 0 Å². The van der Waals surface area contributed by atoms with Gasteiger partial charge in [-0.05, 0) is 372 Å². The van der Waals surface area contributed by atoms with Crippen molar-refractivity contribution in [3.05, 3.63) is 0 Å². The van der Waals surface area contributed by atoms with E-state index in [2.05, 4.69) is 101 Å². The Balaban J connectivity index is 0.00000124. The third-order valence-corrected chi connectivity index (χ3v) is 71.2. The highest BCUT2D eigenvalue weighted by Gasteiger charge is 2.44. The largest absolute Gasteiger partial charge is 0.501 e. The molecule has 2 rings (SSSR count). The maximum Gasteiger partial charge on any atom is 0.501 e. The van der Waals surface area contributed by atoms with Gasteiger partial charge in [0.05, 0.1) is 9.52 Å². The molecule has 0 radical (unpaired) electrons. The number of rotatable bonds is 94. The van der Waals surface area contributed by atoms with Crippen LogP contribution in [-0.2, 0) is 75.9 Å². The Kier molecular flexibility index (Phi) is 96.3. The zero-order valence-corrected chi connectivity index (χ0v) is 102. The fraction of sp³-hybridized carbons (Fsp3) is 1.00. The second-order valence-electron chi connectivity index (χ2n) is 28.9. The molecule has 0 aliphatic heterocycles.